The fraction of sp³-hybridized carbons (Fsp3) is 0.375. The second-order valence-electron chi connectivity index (χ2n) is 10.7. The number of benzene rings is 3. The number of rotatable bonds is 11. The van der Waals surface area contributed by atoms with Crippen molar-refractivity contribution in [3.05, 3.63) is 95.3 Å². The largest absolute Gasteiger partial charge is 0.352 e. The van der Waals surface area contributed by atoms with Gasteiger partial charge in [-0.25, -0.2) is 12.8 Å². The van der Waals surface area contributed by atoms with Crippen LogP contribution in [-0.2, 0) is 26.2 Å². The molecular weight excluding hydrogens is 541 g/mol. The van der Waals surface area contributed by atoms with Crippen LogP contribution in [0.1, 0.15) is 55.7 Å². The second-order valence-corrected chi connectivity index (χ2v) is 12.6. The summed E-state index contributed by atoms with van der Waals surface area (Å²) in [6.07, 6.45) is 4.27. The van der Waals surface area contributed by atoms with Crippen molar-refractivity contribution in [2.24, 2.45) is 0 Å². The molecule has 1 atom stereocenters. The number of sulfonamides is 1. The summed E-state index contributed by atoms with van der Waals surface area (Å²) in [6.45, 7) is 5.22. The Morgan fingerprint density at radius 2 is 1.61 bits per heavy atom. The van der Waals surface area contributed by atoms with E-state index in [0.29, 0.717) is 6.42 Å². The van der Waals surface area contributed by atoms with Crippen LogP contribution in [0.3, 0.4) is 0 Å². The summed E-state index contributed by atoms with van der Waals surface area (Å²) in [4.78, 5) is 29.1. The van der Waals surface area contributed by atoms with Gasteiger partial charge in [-0.2, -0.15) is 0 Å². The lowest BCUT2D eigenvalue weighted by Crippen LogP contribution is -2.53. The zero-order valence-corrected chi connectivity index (χ0v) is 24.7. The Kier molecular flexibility index (Phi) is 9.81. The number of hydrogen-bond donors (Lipinski definition) is 1. The van der Waals surface area contributed by atoms with E-state index in [0.717, 1.165) is 58.8 Å². The van der Waals surface area contributed by atoms with Gasteiger partial charge in [-0.1, -0.05) is 67.3 Å². The van der Waals surface area contributed by atoms with Gasteiger partial charge in [0.2, 0.25) is 11.8 Å². The monoisotopic (exact) mass is 579 g/mol. The number of carbonyl (C=O) groups is 2. The molecule has 41 heavy (non-hydrogen) atoms. The molecule has 0 bridgehead atoms. The van der Waals surface area contributed by atoms with Gasteiger partial charge in [0.1, 0.15) is 18.4 Å². The van der Waals surface area contributed by atoms with Gasteiger partial charge in [0.15, 0.2) is 0 Å². The fourth-order valence-corrected chi connectivity index (χ4v) is 6.68. The maximum atomic E-state index is 14.1. The topological polar surface area (TPSA) is 86.8 Å². The molecule has 3 aromatic carbocycles. The van der Waals surface area contributed by atoms with E-state index >= 15 is 0 Å². The molecule has 0 aliphatic heterocycles. The van der Waals surface area contributed by atoms with E-state index in [1.54, 1.807) is 12.1 Å². The SMILES string of the molecule is CC[C@@H](C(=O)NC1CCCC1)N(Cc1cccc(C)c1)C(=O)CN(c1ccc(F)cc1)S(=O)(=O)c1ccc(C)cc1. The van der Waals surface area contributed by atoms with E-state index < -0.39 is 34.3 Å². The van der Waals surface area contributed by atoms with Gasteiger partial charge in [0.25, 0.3) is 10.0 Å². The summed E-state index contributed by atoms with van der Waals surface area (Å²) in [5.41, 5.74) is 2.88. The van der Waals surface area contributed by atoms with Crippen molar-refractivity contribution in [2.45, 2.75) is 76.4 Å². The van der Waals surface area contributed by atoms with E-state index in [9.17, 15) is 22.4 Å². The first-order valence-corrected chi connectivity index (χ1v) is 15.5. The molecule has 1 aliphatic rings. The lowest BCUT2D eigenvalue weighted by molar-refractivity contribution is -0.140. The first-order valence-electron chi connectivity index (χ1n) is 14.1. The van der Waals surface area contributed by atoms with E-state index in [1.807, 2.05) is 45.0 Å². The Labute approximate surface area is 242 Å². The average molecular weight is 580 g/mol. The van der Waals surface area contributed by atoms with Crippen molar-refractivity contribution in [3.8, 4) is 0 Å². The van der Waals surface area contributed by atoms with E-state index in [-0.39, 0.29) is 29.1 Å². The van der Waals surface area contributed by atoms with E-state index in [2.05, 4.69) is 5.32 Å². The number of hydrogen-bond acceptors (Lipinski definition) is 4. The summed E-state index contributed by atoms with van der Waals surface area (Å²) < 4.78 is 42.5. The standard InChI is InChI=1S/C32H38FN3O4S/c1-4-30(32(38)34-27-10-5-6-11-27)35(21-25-9-7-8-24(3)20-25)31(37)22-36(28-16-14-26(33)15-17-28)41(39,40)29-18-12-23(2)13-19-29/h7-9,12-20,27,30H,4-6,10-11,21-22H2,1-3H3,(H,34,38)/t30-/m0/s1. The molecule has 1 N–H and O–H groups in total. The normalized spacial score (nSPS) is 14.4. The van der Waals surface area contributed by atoms with Gasteiger partial charge in [-0.3, -0.25) is 13.9 Å². The number of aryl methyl sites for hydroxylation is 2. The van der Waals surface area contributed by atoms with Crippen LogP contribution in [0.5, 0.6) is 0 Å². The lowest BCUT2D eigenvalue weighted by atomic mass is 10.1. The number of halogens is 1. The second kappa shape index (κ2) is 13.3. The molecule has 2 amide bonds. The summed E-state index contributed by atoms with van der Waals surface area (Å²) in [5, 5.41) is 3.11. The summed E-state index contributed by atoms with van der Waals surface area (Å²) in [7, 11) is -4.20. The number of nitrogens with one attached hydrogen (secondary N) is 1. The molecule has 0 radical (unpaired) electrons. The van der Waals surface area contributed by atoms with Gasteiger partial charge in [0.05, 0.1) is 10.6 Å². The summed E-state index contributed by atoms with van der Waals surface area (Å²) >= 11 is 0. The third kappa shape index (κ3) is 7.52. The Morgan fingerprint density at radius 3 is 2.22 bits per heavy atom. The molecule has 7 nitrogen and oxygen atoms in total. The smallest absolute Gasteiger partial charge is 0.264 e. The first-order chi connectivity index (χ1) is 19.6. The van der Waals surface area contributed by atoms with Gasteiger partial charge < -0.3 is 10.2 Å². The Morgan fingerprint density at radius 1 is 0.951 bits per heavy atom. The van der Waals surface area contributed by atoms with Crippen LogP contribution < -0.4 is 9.62 Å². The van der Waals surface area contributed by atoms with Crippen LogP contribution in [0, 0.1) is 19.7 Å². The van der Waals surface area contributed by atoms with Crippen LogP contribution >= 0.6 is 0 Å². The molecule has 0 aromatic heterocycles. The maximum absolute atomic E-state index is 14.1. The average Bonchev–Trinajstić information content (AvgIpc) is 3.45. The molecule has 1 fully saturated rings. The minimum Gasteiger partial charge on any atom is -0.352 e. The predicted octanol–water partition coefficient (Wildman–Crippen LogP) is 5.50. The van der Waals surface area contributed by atoms with Crippen molar-refractivity contribution >= 4 is 27.5 Å². The molecule has 0 heterocycles. The molecule has 0 spiro atoms. The zero-order valence-electron chi connectivity index (χ0n) is 23.8. The first kappa shape index (κ1) is 30.2. The Balaban J connectivity index is 1.71. The van der Waals surface area contributed by atoms with Crippen molar-refractivity contribution < 1.29 is 22.4 Å². The van der Waals surface area contributed by atoms with Crippen molar-refractivity contribution in [1.29, 1.82) is 0 Å². The fourth-order valence-electron chi connectivity index (χ4n) is 5.27. The Hall–Kier alpha value is -3.72. The van der Waals surface area contributed by atoms with E-state index in [4.69, 9.17) is 0 Å². The van der Waals surface area contributed by atoms with Crippen LogP contribution in [0.15, 0.2) is 77.7 Å². The van der Waals surface area contributed by atoms with Crippen LogP contribution in [0.4, 0.5) is 10.1 Å². The molecule has 3 aromatic rings. The molecule has 1 aliphatic carbocycles. The minimum absolute atomic E-state index is 0.0106. The number of nitrogens with zero attached hydrogens (tertiary/aromatic N) is 2. The third-order valence-corrected chi connectivity index (χ3v) is 9.31. The lowest BCUT2D eigenvalue weighted by Gasteiger charge is -2.34. The molecule has 9 heteroatoms. The number of carbonyl (C=O) groups excluding carboxylic acids is 2. The van der Waals surface area contributed by atoms with Crippen molar-refractivity contribution in [2.75, 3.05) is 10.8 Å². The van der Waals surface area contributed by atoms with Crippen molar-refractivity contribution in [3.63, 3.8) is 0 Å². The highest BCUT2D eigenvalue weighted by atomic mass is 32.2. The molecule has 0 saturated heterocycles. The summed E-state index contributed by atoms with van der Waals surface area (Å²) in [5.74, 6) is -1.29. The molecule has 1 saturated carbocycles. The van der Waals surface area contributed by atoms with Crippen LogP contribution in [0.25, 0.3) is 0 Å². The molecule has 4 rings (SSSR count). The zero-order chi connectivity index (χ0) is 29.6. The summed E-state index contributed by atoms with van der Waals surface area (Å²) in [6, 6.07) is 18.3. The van der Waals surface area contributed by atoms with Crippen LogP contribution in [0.2, 0.25) is 0 Å². The third-order valence-electron chi connectivity index (χ3n) is 7.53. The highest BCUT2D eigenvalue weighted by Gasteiger charge is 2.34. The molecule has 218 valence electrons. The van der Waals surface area contributed by atoms with Crippen LogP contribution in [-0.4, -0.2) is 43.8 Å². The predicted molar refractivity (Wildman–Crippen MR) is 158 cm³/mol. The van der Waals surface area contributed by atoms with Gasteiger partial charge in [-0.15, -0.1) is 0 Å². The van der Waals surface area contributed by atoms with E-state index in [1.165, 1.54) is 29.2 Å². The van der Waals surface area contributed by atoms with Crippen molar-refractivity contribution in [1.82, 2.24) is 10.2 Å². The quantitative estimate of drug-likeness (QED) is 0.325. The Bertz CT molecular complexity index is 1450. The van der Waals surface area contributed by atoms with Gasteiger partial charge in [0, 0.05) is 12.6 Å². The maximum Gasteiger partial charge on any atom is 0.264 e. The molecular formula is C32H38FN3O4S. The molecule has 0 unspecified atom stereocenters. The highest BCUT2D eigenvalue weighted by molar-refractivity contribution is 7.92. The number of anilines is 1. The highest BCUT2D eigenvalue weighted by Crippen LogP contribution is 2.26. The minimum atomic E-state index is -4.20. The number of amides is 2. The van der Waals surface area contributed by atoms with Gasteiger partial charge in [-0.05, 0) is 75.1 Å². The van der Waals surface area contributed by atoms with Gasteiger partial charge >= 0.3 is 0 Å².